The Kier molecular flexibility index (Phi) is 5.91. The molecule has 6 nitrogen and oxygen atoms in total. The molecular formula is C25H26N4O2. The van der Waals surface area contributed by atoms with E-state index in [9.17, 15) is 0 Å². The molecule has 6 heteroatoms. The zero-order chi connectivity index (χ0) is 20.9. The Morgan fingerprint density at radius 1 is 0.613 bits per heavy atom. The average molecular weight is 415 g/mol. The number of nitrogens with zero attached hydrogens (tertiary/aromatic N) is 4. The van der Waals surface area contributed by atoms with Crippen molar-refractivity contribution in [3.63, 3.8) is 0 Å². The number of hydrogen-bond acceptors (Lipinski definition) is 6. The molecule has 158 valence electrons. The highest BCUT2D eigenvalue weighted by atomic mass is 16.4. The Bertz CT molecular complexity index is 1000. The largest absolute Gasteiger partial charge is 0.439 e. The van der Waals surface area contributed by atoms with E-state index in [-0.39, 0.29) is 0 Å². The molecule has 3 heterocycles. The van der Waals surface area contributed by atoms with Gasteiger partial charge in [-0.3, -0.25) is 9.80 Å². The smallest absolute Gasteiger partial charge is 0.209 e. The van der Waals surface area contributed by atoms with Crippen molar-refractivity contribution >= 4 is 0 Å². The van der Waals surface area contributed by atoms with Gasteiger partial charge in [-0.2, -0.15) is 0 Å². The zero-order valence-corrected chi connectivity index (χ0v) is 17.5. The van der Waals surface area contributed by atoms with E-state index in [0.29, 0.717) is 0 Å². The summed E-state index contributed by atoms with van der Waals surface area (Å²) in [5, 5.41) is 0. The lowest BCUT2D eigenvalue weighted by molar-refractivity contribution is 0.222. The fourth-order valence-corrected chi connectivity index (χ4v) is 3.96. The SMILES string of the molecule is c1ccc(-c2cnc(CN3CCCN(Cc4ncc(-c5ccccc5)o4)CC3)o2)cc1. The summed E-state index contributed by atoms with van der Waals surface area (Å²) in [4.78, 5) is 13.8. The summed E-state index contributed by atoms with van der Waals surface area (Å²) in [5.41, 5.74) is 2.12. The van der Waals surface area contributed by atoms with Crippen LogP contribution in [0.1, 0.15) is 18.2 Å². The van der Waals surface area contributed by atoms with Crippen LogP contribution in [0.25, 0.3) is 22.6 Å². The van der Waals surface area contributed by atoms with E-state index in [2.05, 4.69) is 19.8 Å². The highest BCUT2D eigenvalue weighted by Gasteiger charge is 2.19. The molecule has 4 aromatic rings. The van der Waals surface area contributed by atoms with Crippen molar-refractivity contribution in [3.8, 4) is 22.6 Å². The average Bonchev–Trinajstić information content (AvgIpc) is 3.42. The molecule has 1 fully saturated rings. The maximum atomic E-state index is 5.99. The Morgan fingerprint density at radius 3 is 1.52 bits per heavy atom. The first-order valence-corrected chi connectivity index (χ1v) is 10.8. The monoisotopic (exact) mass is 414 g/mol. The standard InChI is InChI=1S/C25H26N4O2/c1-3-8-20(9-4-1)22-16-26-24(30-22)18-28-12-7-13-29(15-14-28)19-25-27-17-23(31-25)21-10-5-2-6-11-21/h1-6,8-11,16-17H,7,12-15,18-19H2. The van der Waals surface area contributed by atoms with Gasteiger partial charge in [0.2, 0.25) is 11.8 Å². The highest BCUT2D eigenvalue weighted by Crippen LogP contribution is 2.22. The van der Waals surface area contributed by atoms with Crippen LogP contribution < -0.4 is 0 Å². The molecule has 0 aliphatic carbocycles. The first-order valence-electron chi connectivity index (χ1n) is 10.8. The second kappa shape index (κ2) is 9.29. The molecule has 0 N–H and O–H groups in total. The van der Waals surface area contributed by atoms with E-state index in [1.807, 2.05) is 73.1 Å². The Labute approximate surface area is 182 Å². The molecule has 5 rings (SSSR count). The number of oxazole rings is 2. The van der Waals surface area contributed by atoms with Crippen LogP contribution in [0.3, 0.4) is 0 Å². The van der Waals surface area contributed by atoms with Crippen molar-refractivity contribution in [2.24, 2.45) is 0 Å². The molecule has 1 saturated heterocycles. The first-order chi connectivity index (χ1) is 15.3. The van der Waals surface area contributed by atoms with E-state index in [4.69, 9.17) is 8.83 Å². The number of hydrogen-bond donors (Lipinski definition) is 0. The van der Waals surface area contributed by atoms with Crippen LogP contribution in [-0.4, -0.2) is 45.9 Å². The molecule has 0 spiro atoms. The summed E-state index contributed by atoms with van der Waals surface area (Å²) in [5.74, 6) is 3.19. The van der Waals surface area contributed by atoms with Crippen LogP contribution in [-0.2, 0) is 13.1 Å². The predicted molar refractivity (Wildman–Crippen MR) is 119 cm³/mol. The molecule has 0 atom stereocenters. The Hall–Kier alpha value is -3.22. The molecule has 1 aliphatic heterocycles. The van der Waals surface area contributed by atoms with Gasteiger partial charge < -0.3 is 8.83 Å². The van der Waals surface area contributed by atoms with Gasteiger partial charge in [-0.15, -0.1) is 0 Å². The van der Waals surface area contributed by atoms with Crippen molar-refractivity contribution in [1.82, 2.24) is 19.8 Å². The van der Waals surface area contributed by atoms with Crippen molar-refractivity contribution in [2.75, 3.05) is 26.2 Å². The summed E-state index contributed by atoms with van der Waals surface area (Å²) in [6.45, 7) is 5.46. The number of rotatable bonds is 6. The fraction of sp³-hybridized carbons (Fsp3) is 0.280. The van der Waals surface area contributed by atoms with Gasteiger partial charge in [-0.1, -0.05) is 60.7 Å². The van der Waals surface area contributed by atoms with Gasteiger partial charge in [0.15, 0.2) is 11.5 Å². The molecule has 31 heavy (non-hydrogen) atoms. The second-order valence-electron chi connectivity index (χ2n) is 7.87. The molecule has 0 saturated carbocycles. The van der Waals surface area contributed by atoms with Crippen LogP contribution in [0.4, 0.5) is 0 Å². The predicted octanol–water partition coefficient (Wildman–Crippen LogP) is 4.70. The van der Waals surface area contributed by atoms with E-state index in [1.165, 1.54) is 0 Å². The lowest BCUT2D eigenvalue weighted by Gasteiger charge is -2.19. The maximum absolute atomic E-state index is 5.99. The molecule has 0 unspecified atom stereocenters. The Balaban J connectivity index is 1.16. The van der Waals surface area contributed by atoms with Crippen molar-refractivity contribution < 1.29 is 8.83 Å². The van der Waals surface area contributed by atoms with E-state index in [0.717, 1.165) is 80.1 Å². The molecule has 2 aromatic carbocycles. The van der Waals surface area contributed by atoms with Crippen LogP contribution in [0.15, 0.2) is 81.9 Å². The third kappa shape index (κ3) is 4.93. The number of benzene rings is 2. The van der Waals surface area contributed by atoms with Gasteiger partial charge in [0, 0.05) is 24.2 Å². The Morgan fingerprint density at radius 2 is 1.06 bits per heavy atom. The summed E-state index contributed by atoms with van der Waals surface area (Å²) in [6, 6.07) is 20.2. The lowest BCUT2D eigenvalue weighted by atomic mass is 10.2. The minimum atomic E-state index is 0.734. The van der Waals surface area contributed by atoms with Crippen molar-refractivity contribution in [2.45, 2.75) is 19.5 Å². The third-order valence-electron chi connectivity index (χ3n) is 5.62. The molecule has 0 radical (unpaired) electrons. The van der Waals surface area contributed by atoms with E-state index >= 15 is 0 Å². The van der Waals surface area contributed by atoms with E-state index in [1.54, 1.807) is 0 Å². The minimum absolute atomic E-state index is 0.734. The van der Waals surface area contributed by atoms with E-state index < -0.39 is 0 Å². The normalized spacial score (nSPS) is 15.7. The van der Waals surface area contributed by atoms with Crippen LogP contribution >= 0.6 is 0 Å². The van der Waals surface area contributed by atoms with Gasteiger partial charge in [-0.25, -0.2) is 9.97 Å². The van der Waals surface area contributed by atoms with Crippen molar-refractivity contribution in [1.29, 1.82) is 0 Å². The highest BCUT2D eigenvalue weighted by molar-refractivity contribution is 5.56. The molecule has 0 bridgehead atoms. The van der Waals surface area contributed by atoms with Gasteiger partial charge in [0.25, 0.3) is 0 Å². The first kappa shape index (κ1) is 19.7. The van der Waals surface area contributed by atoms with Gasteiger partial charge in [-0.05, 0) is 19.5 Å². The fourth-order valence-electron chi connectivity index (χ4n) is 3.96. The summed E-state index contributed by atoms with van der Waals surface area (Å²) < 4.78 is 12.0. The molecule has 2 aromatic heterocycles. The molecular weight excluding hydrogens is 388 g/mol. The van der Waals surface area contributed by atoms with Crippen LogP contribution in [0.2, 0.25) is 0 Å². The summed E-state index contributed by atoms with van der Waals surface area (Å²) in [7, 11) is 0. The summed E-state index contributed by atoms with van der Waals surface area (Å²) in [6.07, 6.45) is 4.74. The van der Waals surface area contributed by atoms with Gasteiger partial charge in [0.05, 0.1) is 25.5 Å². The molecule has 1 aliphatic rings. The third-order valence-corrected chi connectivity index (χ3v) is 5.62. The summed E-state index contributed by atoms with van der Waals surface area (Å²) >= 11 is 0. The van der Waals surface area contributed by atoms with Gasteiger partial charge in [0.1, 0.15) is 0 Å². The minimum Gasteiger partial charge on any atom is -0.439 e. The quantitative estimate of drug-likeness (QED) is 0.456. The maximum Gasteiger partial charge on any atom is 0.209 e. The number of aromatic nitrogens is 2. The topological polar surface area (TPSA) is 58.5 Å². The lowest BCUT2D eigenvalue weighted by Crippen LogP contribution is -2.30. The zero-order valence-electron chi connectivity index (χ0n) is 17.5. The van der Waals surface area contributed by atoms with Crippen molar-refractivity contribution in [3.05, 3.63) is 84.8 Å². The van der Waals surface area contributed by atoms with Crippen LogP contribution in [0, 0.1) is 0 Å². The van der Waals surface area contributed by atoms with Crippen LogP contribution in [0.5, 0.6) is 0 Å². The second-order valence-corrected chi connectivity index (χ2v) is 7.87. The van der Waals surface area contributed by atoms with Gasteiger partial charge >= 0.3 is 0 Å². The molecule has 0 amide bonds.